The van der Waals surface area contributed by atoms with Crippen LogP contribution in [0.25, 0.3) is 11.4 Å². The van der Waals surface area contributed by atoms with E-state index in [1.165, 1.54) is 0 Å². The van der Waals surface area contributed by atoms with E-state index in [0.717, 1.165) is 11.3 Å². The Labute approximate surface area is 138 Å². The lowest BCUT2D eigenvalue weighted by Crippen LogP contribution is -2.22. The molecular weight excluding hydrogens is 308 g/mol. The Morgan fingerprint density at radius 2 is 2.29 bits per heavy atom. The van der Waals surface area contributed by atoms with Gasteiger partial charge >= 0.3 is 0 Å². The van der Waals surface area contributed by atoms with Crippen LogP contribution in [0, 0.1) is 6.92 Å². The number of carbonyl (C=O) groups is 1. The summed E-state index contributed by atoms with van der Waals surface area (Å²) in [6.45, 7) is 1.87. The Hall–Kier alpha value is -2.96. The number of pyridine rings is 1. The van der Waals surface area contributed by atoms with Gasteiger partial charge in [-0.3, -0.25) is 9.78 Å². The van der Waals surface area contributed by atoms with Crippen LogP contribution in [0.3, 0.4) is 0 Å². The van der Waals surface area contributed by atoms with Gasteiger partial charge in [0, 0.05) is 24.4 Å². The lowest BCUT2D eigenvalue weighted by Gasteiger charge is -2.22. The summed E-state index contributed by atoms with van der Waals surface area (Å²) < 4.78 is 12.6. The second-order valence-corrected chi connectivity index (χ2v) is 5.75. The van der Waals surface area contributed by atoms with Gasteiger partial charge in [-0.2, -0.15) is 4.98 Å². The number of methoxy groups -OCH3 is 1. The van der Waals surface area contributed by atoms with E-state index in [9.17, 15) is 4.79 Å². The highest BCUT2D eigenvalue weighted by Crippen LogP contribution is 2.31. The molecule has 3 aromatic heterocycles. The third-order valence-corrected chi connectivity index (χ3v) is 4.29. The van der Waals surface area contributed by atoms with E-state index < -0.39 is 0 Å². The molecule has 0 saturated heterocycles. The molecule has 0 N–H and O–H groups in total. The predicted molar refractivity (Wildman–Crippen MR) is 85.0 cm³/mol. The van der Waals surface area contributed by atoms with E-state index >= 15 is 0 Å². The number of ether oxygens (including phenoxy) is 1. The fourth-order valence-electron chi connectivity index (χ4n) is 3.01. The predicted octanol–water partition coefficient (Wildman–Crippen LogP) is 2.82. The molecule has 1 aliphatic heterocycles. The minimum atomic E-state index is -0.116. The number of rotatable bonds is 3. The van der Waals surface area contributed by atoms with Crippen LogP contribution in [-0.2, 0) is 0 Å². The summed E-state index contributed by atoms with van der Waals surface area (Å²) in [6, 6.07) is 5.40. The number of nitrogens with zero attached hydrogens (tertiary/aromatic N) is 4. The molecule has 0 aromatic carbocycles. The Morgan fingerprint density at radius 3 is 3.12 bits per heavy atom. The van der Waals surface area contributed by atoms with Gasteiger partial charge in [0.15, 0.2) is 5.78 Å². The summed E-state index contributed by atoms with van der Waals surface area (Å²) in [5.41, 5.74) is 2.21. The number of hydrogen-bond donors (Lipinski definition) is 0. The maximum absolute atomic E-state index is 11.9. The maximum atomic E-state index is 11.9. The number of Topliss-reactive ketones (excluding diaryl/α,β-unsaturated/α-hetero) is 1. The van der Waals surface area contributed by atoms with Crippen LogP contribution in [-0.4, -0.2) is 32.6 Å². The number of aryl methyl sites for hydroxylation is 1. The summed E-state index contributed by atoms with van der Waals surface area (Å²) in [5, 5.41) is 4.06. The number of fused-ring (bicyclic) bond motifs is 1. The molecule has 0 amide bonds. The molecule has 0 fully saturated rings. The fraction of sp³-hybridized carbons (Fsp3) is 0.294. The summed E-state index contributed by atoms with van der Waals surface area (Å²) in [4.78, 5) is 20.7. The van der Waals surface area contributed by atoms with Gasteiger partial charge in [0.25, 0.3) is 0 Å². The number of hydrogen-bond acceptors (Lipinski definition) is 6. The van der Waals surface area contributed by atoms with Crippen molar-refractivity contribution >= 4 is 5.78 Å². The standard InChI is InChI=1S/C17H16N4O3/c1-10-15(23-2)8-11(9-18-10)16-19-17(24-20-16)13-5-6-14(22)12-4-3-7-21(12)13/h3-4,7-9,13H,5-6H2,1-2H3. The van der Waals surface area contributed by atoms with E-state index in [1.54, 1.807) is 13.3 Å². The van der Waals surface area contributed by atoms with Crippen molar-refractivity contribution in [2.75, 3.05) is 7.11 Å². The normalized spacial score (nSPS) is 16.9. The molecule has 7 heteroatoms. The quantitative estimate of drug-likeness (QED) is 0.736. The third kappa shape index (κ3) is 2.29. The molecule has 4 rings (SSSR count). The van der Waals surface area contributed by atoms with Gasteiger partial charge < -0.3 is 13.8 Å². The van der Waals surface area contributed by atoms with Crippen molar-refractivity contribution in [2.45, 2.75) is 25.8 Å². The smallest absolute Gasteiger partial charge is 0.250 e. The van der Waals surface area contributed by atoms with Crippen LogP contribution in [0.1, 0.15) is 41.0 Å². The van der Waals surface area contributed by atoms with Crippen molar-refractivity contribution in [3.8, 4) is 17.1 Å². The topological polar surface area (TPSA) is 83.0 Å². The minimum Gasteiger partial charge on any atom is -0.495 e. The van der Waals surface area contributed by atoms with Gasteiger partial charge in [0.05, 0.1) is 18.5 Å². The first-order chi connectivity index (χ1) is 11.7. The fourth-order valence-corrected chi connectivity index (χ4v) is 3.01. The highest BCUT2D eigenvalue weighted by Gasteiger charge is 2.29. The summed E-state index contributed by atoms with van der Waals surface area (Å²) in [5.74, 6) is 1.77. The molecule has 7 nitrogen and oxygen atoms in total. The molecule has 1 aliphatic rings. The first-order valence-electron chi connectivity index (χ1n) is 7.72. The molecule has 0 bridgehead atoms. The van der Waals surface area contributed by atoms with Crippen LogP contribution >= 0.6 is 0 Å². The first-order valence-corrected chi connectivity index (χ1v) is 7.72. The molecule has 0 saturated carbocycles. The minimum absolute atomic E-state index is 0.116. The molecule has 4 heterocycles. The van der Waals surface area contributed by atoms with E-state index in [1.807, 2.05) is 35.9 Å². The van der Waals surface area contributed by atoms with Crippen molar-refractivity contribution in [3.05, 3.63) is 47.9 Å². The number of aromatic nitrogens is 4. The zero-order chi connectivity index (χ0) is 16.7. The first kappa shape index (κ1) is 14.6. The average molecular weight is 324 g/mol. The second-order valence-electron chi connectivity index (χ2n) is 5.75. The van der Waals surface area contributed by atoms with Crippen molar-refractivity contribution < 1.29 is 14.1 Å². The third-order valence-electron chi connectivity index (χ3n) is 4.29. The number of carbonyl (C=O) groups excluding carboxylic acids is 1. The van der Waals surface area contributed by atoms with Crippen molar-refractivity contribution in [2.24, 2.45) is 0 Å². The number of ketones is 1. The molecule has 0 radical (unpaired) electrons. The van der Waals surface area contributed by atoms with E-state index in [4.69, 9.17) is 9.26 Å². The van der Waals surface area contributed by atoms with Crippen molar-refractivity contribution in [1.82, 2.24) is 19.7 Å². The zero-order valence-electron chi connectivity index (χ0n) is 13.4. The van der Waals surface area contributed by atoms with Crippen LogP contribution < -0.4 is 4.74 Å². The van der Waals surface area contributed by atoms with Gasteiger partial charge in [-0.05, 0) is 31.5 Å². The Morgan fingerprint density at radius 1 is 1.42 bits per heavy atom. The second kappa shape index (κ2) is 5.59. The van der Waals surface area contributed by atoms with Gasteiger partial charge in [0.1, 0.15) is 11.8 Å². The average Bonchev–Trinajstić information content (AvgIpc) is 3.25. The van der Waals surface area contributed by atoms with Crippen LogP contribution in [0.2, 0.25) is 0 Å². The lowest BCUT2D eigenvalue weighted by atomic mass is 10.0. The Balaban J connectivity index is 1.69. The summed E-state index contributed by atoms with van der Waals surface area (Å²) >= 11 is 0. The molecular formula is C17H16N4O3. The SMILES string of the molecule is COc1cc(-c2noc(C3CCC(=O)c4cccn43)n2)cnc1C. The van der Waals surface area contributed by atoms with Gasteiger partial charge in [-0.15, -0.1) is 0 Å². The van der Waals surface area contributed by atoms with E-state index in [2.05, 4.69) is 15.1 Å². The molecule has 24 heavy (non-hydrogen) atoms. The highest BCUT2D eigenvalue weighted by atomic mass is 16.5. The van der Waals surface area contributed by atoms with Crippen molar-refractivity contribution in [1.29, 1.82) is 0 Å². The van der Waals surface area contributed by atoms with Crippen LogP contribution in [0.4, 0.5) is 0 Å². The van der Waals surface area contributed by atoms with Gasteiger partial charge in [-0.25, -0.2) is 0 Å². The summed E-state index contributed by atoms with van der Waals surface area (Å²) in [6.07, 6.45) is 4.69. The summed E-state index contributed by atoms with van der Waals surface area (Å²) in [7, 11) is 1.60. The van der Waals surface area contributed by atoms with Crippen LogP contribution in [0.15, 0.2) is 35.1 Å². The Bertz CT molecular complexity index is 912. The lowest BCUT2D eigenvalue weighted by molar-refractivity contribution is 0.0943. The van der Waals surface area contributed by atoms with Gasteiger partial charge in [-0.1, -0.05) is 5.16 Å². The van der Waals surface area contributed by atoms with E-state index in [0.29, 0.717) is 36.0 Å². The maximum Gasteiger partial charge on any atom is 0.250 e. The molecule has 1 atom stereocenters. The highest BCUT2D eigenvalue weighted by molar-refractivity contribution is 5.95. The van der Waals surface area contributed by atoms with Gasteiger partial charge in [0.2, 0.25) is 11.7 Å². The Kier molecular flexibility index (Phi) is 3.41. The zero-order valence-corrected chi connectivity index (χ0v) is 13.4. The molecule has 0 spiro atoms. The van der Waals surface area contributed by atoms with Crippen molar-refractivity contribution in [3.63, 3.8) is 0 Å². The largest absolute Gasteiger partial charge is 0.495 e. The molecule has 3 aromatic rings. The van der Waals surface area contributed by atoms with Crippen LogP contribution in [0.5, 0.6) is 5.75 Å². The van der Waals surface area contributed by atoms with E-state index in [-0.39, 0.29) is 11.8 Å². The molecule has 0 aliphatic carbocycles. The molecule has 122 valence electrons. The molecule has 1 unspecified atom stereocenters. The monoisotopic (exact) mass is 324 g/mol.